The average Bonchev–Trinajstić information content (AvgIpc) is 2.76. The highest BCUT2D eigenvalue weighted by atomic mass is 32.1. The van der Waals surface area contributed by atoms with Crippen LogP contribution in [0, 0.1) is 0 Å². The molecule has 0 saturated heterocycles. The standard InChI is InChI=1S/C8H8N4O2S/c1-14-6(13)8(2-3-8)5-11-12-4-9-10-7(12)15-5/h4H,2-3H2,1H3. The quantitative estimate of drug-likeness (QED) is 0.690. The first-order valence-electron chi connectivity index (χ1n) is 4.52. The molecule has 3 rings (SSSR count). The molecule has 7 heteroatoms. The number of hydrogen-bond acceptors (Lipinski definition) is 6. The fourth-order valence-electron chi connectivity index (χ4n) is 1.58. The lowest BCUT2D eigenvalue weighted by Gasteiger charge is -2.07. The molecule has 0 radical (unpaired) electrons. The van der Waals surface area contributed by atoms with Crippen LogP contribution in [0.15, 0.2) is 6.33 Å². The summed E-state index contributed by atoms with van der Waals surface area (Å²) < 4.78 is 6.37. The van der Waals surface area contributed by atoms with Crippen LogP contribution in [0.1, 0.15) is 17.8 Å². The summed E-state index contributed by atoms with van der Waals surface area (Å²) in [5, 5.41) is 12.7. The van der Waals surface area contributed by atoms with E-state index in [9.17, 15) is 4.79 Å². The molecular weight excluding hydrogens is 216 g/mol. The molecule has 0 atom stereocenters. The maximum absolute atomic E-state index is 11.6. The predicted molar refractivity (Wildman–Crippen MR) is 51.6 cm³/mol. The van der Waals surface area contributed by atoms with Gasteiger partial charge in [-0.05, 0) is 12.8 Å². The normalized spacial score (nSPS) is 17.9. The first-order valence-corrected chi connectivity index (χ1v) is 5.34. The summed E-state index contributed by atoms with van der Waals surface area (Å²) in [6.45, 7) is 0. The van der Waals surface area contributed by atoms with Gasteiger partial charge in [-0.3, -0.25) is 4.79 Å². The molecule has 2 aromatic rings. The van der Waals surface area contributed by atoms with E-state index in [4.69, 9.17) is 4.74 Å². The molecule has 0 spiro atoms. The van der Waals surface area contributed by atoms with E-state index >= 15 is 0 Å². The zero-order chi connectivity index (χ0) is 10.5. The Hall–Kier alpha value is -1.50. The van der Waals surface area contributed by atoms with Crippen LogP contribution in [0.2, 0.25) is 0 Å². The SMILES string of the molecule is COC(=O)C1(c2nn3cnnc3s2)CC1. The Bertz CT molecular complexity index is 499. The minimum absolute atomic E-state index is 0.201. The summed E-state index contributed by atoms with van der Waals surface area (Å²) in [7, 11) is 1.41. The van der Waals surface area contributed by atoms with E-state index in [-0.39, 0.29) is 5.97 Å². The van der Waals surface area contributed by atoms with E-state index in [1.54, 1.807) is 4.52 Å². The molecule has 78 valence electrons. The minimum Gasteiger partial charge on any atom is -0.468 e. The predicted octanol–water partition coefficient (Wildman–Crippen LogP) is 0.390. The molecule has 1 fully saturated rings. The van der Waals surface area contributed by atoms with Gasteiger partial charge in [0.25, 0.3) is 0 Å². The van der Waals surface area contributed by atoms with Crippen LogP contribution in [0.3, 0.4) is 0 Å². The van der Waals surface area contributed by atoms with Gasteiger partial charge in [-0.1, -0.05) is 11.3 Å². The van der Waals surface area contributed by atoms with Crippen LogP contribution in [-0.4, -0.2) is 32.9 Å². The van der Waals surface area contributed by atoms with Crippen molar-refractivity contribution < 1.29 is 9.53 Å². The van der Waals surface area contributed by atoms with Crippen molar-refractivity contribution in [2.75, 3.05) is 7.11 Å². The smallest absolute Gasteiger partial charge is 0.318 e. The third-order valence-corrected chi connectivity index (χ3v) is 3.74. The monoisotopic (exact) mass is 224 g/mol. The number of nitrogens with zero attached hydrogens (tertiary/aromatic N) is 4. The zero-order valence-corrected chi connectivity index (χ0v) is 8.82. The van der Waals surface area contributed by atoms with E-state index in [1.165, 1.54) is 24.8 Å². The van der Waals surface area contributed by atoms with Crippen LogP contribution < -0.4 is 0 Å². The summed E-state index contributed by atoms with van der Waals surface area (Å²) in [5.74, 6) is -0.201. The van der Waals surface area contributed by atoms with Gasteiger partial charge < -0.3 is 4.74 Å². The highest BCUT2D eigenvalue weighted by molar-refractivity contribution is 7.17. The summed E-state index contributed by atoms with van der Waals surface area (Å²) >= 11 is 1.39. The number of fused-ring (bicyclic) bond motifs is 1. The highest BCUT2D eigenvalue weighted by Gasteiger charge is 2.55. The van der Waals surface area contributed by atoms with Crippen molar-refractivity contribution in [2.45, 2.75) is 18.3 Å². The molecule has 15 heavy (non-hydrogen) atoms. The van der Waals surface area contributed by atoms with Gasteiger partial charge in [-0.25, -0.2) is 0 Å². The Balaban J connectivity index is 2.07. The highest BCUT2D eigenvalue weighted by Crippen LogP contribution is 2.50. The minimum atomic E-state index is -0.500. The second kappa shape index (κ2) is 2.75. The first kappa shape index (κ1) is 8.78. The van der Waals surface area contributed by atoms with Gasteiger partial charge in [0.1, 0.15) is 16.7 Å². The second-order valence-corrected chi connectivity index (χ2v) is 4.49. The van der Waals surface area contributed by atoms with Crippen LogP contribution in [0.5, 0.6) is 0 Å². The van der Waals surface area contributed by atoms with Crippen molar-refractivity contribution in [3.05, 3.63) is 11.3 Å². The van der Waals surface area contributed by atoms with Crippen LogP contribution >= 0.6 is 11.3 Å². The van der Waals surface area contributed by atoms with Gasteiger partial charge in [0.2, 0.25) is 4.96 Å². The van der Waals surface area contributed by atoms with E-state index < -0.39 is 5.41 Å². The number of rotatable bonds is 2. The number of esters is 1. The number of ether oxygens (including phenoxy) is 1. The van der Waals surface area contributed by atoms with Gasteiger partial charge in [0, 0.05) is 0 Å². The van der Waals surface area contributed by atoms with Crippen LogP contribution in [0.25, 0.3) is 4.96 Å². The molecule has 0 aliphatic heterocycles. The average molecular weight is 224 g/mol. The third kappa shape index (κ3) is 1.09. The molecule has 2 heterocycles. The molecule has 0 aromatic carbocycles. The van der Waals surface area contributed by atoms with Gasteiger partial charge >= 0.3 is 5.97 Å². The van der Waals surface area contributed by atoms with E-state index in [0.29, 0.717) is 4.96 Å². The number of methoxy groups -OCH3 is 1. The Morgan fingerprint density at radius 1 is 1.67 bits per heavy atom. The Morgan fingerprint density at radius 2 is 2.47 bits per heavy atom. The topological polar surface area (TPSA) is 69.4 Å². The van der Waals surface area contributed by atoms with Gasteiger partial charge in [-0.2, -0.15) is 9.61 Å². The van der Waals surface area contributed by atoms with Crippen molar-refractivity contribution in [2.24, 2.45) is 0 Å². The third-order valence-electron chi connectivity index (χ3n) is 2.62. The van der Waals surface area contributed by atoms with Crippen molar-refractivity contribution >= 4 is 22.3 Å². The number of carbonyl (C=O) groups excluding carboxylic acids is 1. The van der Waals surface area contributed by atoms with Crippen molar-refractivity contribution in [1.29, 1.82) is 0 Å². The maximum atomic E-state index is 11.6. The van der Waals surface area contributed by atoms with Gasteiger partial charge in [-0.15, -0.1) is 10.2 Å². The maximum Gasteiger partial charge on any atom is 0.318 e. The summed E-state index contributed by atoms with van der Waals surface area (Å²) in [4.78, 5) is 12.3. The summed E-state index contributed by atoms with van der Waals surface area (Å²) in [5.41, 5.74) is -0.500. The number of aromatic nitrogens is 4. The lowest BCUT2D eigenvalue weighted by atomic mass is 10.1. The van der Waals surface area contributed by atoms with E-state index in [0.717, 1.165) is 17.8 Å². The summed E-state index contributed by atoms with van der Waals surface area (Å²) in [6.07, 6.45) is 3.15. The molecule has 1 saturated carbocycles. The fraction of sp³-hybridized carbons (Fsp3) is 0.500. The second-order valence-electron chi connectivity index (χ2n) is 3.54. The summed E-state index contributed by atoms with van der Waals surface area (Å²) in [6, 6.07) is 0. The first-order chi connectivity index (χ1) is 7.26. The number of hydrogen-bond donors (Lipinski definition) is 0. The van der Waals surface area contributed by atoms with Crippen LogP contribution in [-0.2, 0) is 14.9 Å². The molecule has 0 N–H and O–H groups in total. The van der Waals surface area contributed by atoms with Crippen molar-refractivity contribution in [3.63, 3.8) is 0 Å². The molecule has 6 nitrogen and oxygen atoms in total. The van der Waals surface area contributed by atoms with E-state index in [1.807, 2.05) is 0 Å². The largest absolute Gasteiger partial charge is 0.468 e. The molecule has 0 bridgehead atoms. The molecule has 0 unspecified atom stereocenters. The van der Waals surface area contributed by atoms with Crippen molar-refractivity contribution in [3.8, 4) is 0 Å². The van der Waals surface area contributed by atoms with E-state index in [2.05, 4.69) is 15.3 Å². The Kier molecular flexibility index (Phi) is 1.61. The van der Waals surface area contributed by atoms with Gasteiger partial charge in [0.15, 0.2) is 0 Å². The number of carbonyl (C=O) groups is 1. The zero-order valence-electron chi connectivity index (χ0n) is 8.01. The Labute approximate surface area is 88.9 Å². The molecule has 1 aliphatic rings. The lowest BCUT2D eigenvalue weighted by molar-refractivity contribution is -0.143. The molecule has 2 aromatic heterocycles. The fourth-order valence-corrected chi connectivity index (χ4v) is 2.63. The molecule has 1 aliphatic carbocycles. The lowest BCUT2D eigenvalue weighted by Crippen LogP contribution is -2.21. The van der Waals surface area contributed by atoms with Crippen LogP contribution in [0.4, 0.5) is 0 Å². The molecular formula is C8H8N4O2S. The van der Waals surface area contributed by atoms with Gasteiger partial charge in [0.05, 0.1) is 7.11 Å². The Morgan fingerprint density at radius 3 is 3.07 bits per heavy atom. The van der Waals surface area contributed by atoms with Crippen molar-refractivity contribution in [1.82, 2.24) is 19.8 Å². The molecule has 0 amide bonds.